The maximum absolute atomic E-state index is 13.0. The van der Waals surface area contributed by atoms with Gasteiger partial charge in [-0.2, -0.15) is 0 Å². The number of hydrogen-bond acceptors (Lipinski definition) is 4. The molecule has 2 N–H and O–H groups in total. The Bertz CT molecular complexity index is 548. The Labute approximate surface area is 130 Å². The SMILES string of the molecule is COCCC(NCC(O)c1ccncc1)c1ccc(F)cc1. The van der Waals surface area contributed by atoms with Gasteiger partial charge in [0.1, 0.15) is 5.82 Å². The highest BCUT2D eigenvalue weighted by atomic mass is 19.1. The monoisotopic (exact) mass is 304 g/mol. The Balaban J connectivity index is 1.99. The van der Waals surface area contributed by atoms with Gasteiger partial charge in [-0.1, -0.05) is 12.1 Å². The van der Waals surface area contributed by atoms with E-state index >= 15 is 0 Å². The van der Waals surface area contributed by atoms with Gasteiger partial charge in [0.2, 0.25) is 0 Å². The van der Waals surface area contributed by atoms with Crippen LogP contribution in [0.4, 0.5) is 4.39 Å². The van der Waals surface area contributed by atoms with Crippen molar-refractivity contribution in [1.82, 2.24) is 10.3 Å². The van der Waals surface area contributed by atoms with Crippen LogP contribution in [0.15, 0.2) is 48.8 Å². The molecule has 1 aromatic carbocycles. The molecule has 0 radical (unpaired) electrons. The minimum absolute atomic E-state index is 0.00274. The Morgan fingerprint density at radius 2 is 1.82 bits per heavy atom. The van der Waals surface area contributed by atoms with E-state index in [1.165, 1.54) is 12.1 Å². The summed E-state index contributed by atoms with van der Waals surface area (Å²) in [4.78, 5) is 3.94. The van der Waals surface area contributed by atoms with Gasteiger partial charge in [-0.25, -0.2) is 4.39 Å². The number of aliphatic hydroxyl groups excluding tert-OH is 1. The van der Waals surface area contributed by atoms with Crippen LogP contribution in [-0.4, -0.2) is 30.4 Å². The second-order valence-electron chi connectivity index (χ2n) is 5.09. The van der Waals surface area contributed by atoms with Crippen LogP contribution in [0.25, 0.3) is 0 Å². The van der Waals surface area contributed by atoms with Crippen LogP contribution in [0, 0.1) is 5.82 Å². The number of ether oxygens (including phenoxy) is 1. The van der Waals surface area contributed by atoms with Crippen molar-refractivity contribution in [2.24, 2.45) is 0 Å². The summed E-state index contributed by atoms with van der Waals surface area (Å²) in [6, 6.07) is 9.95. The van der Waals surface area contributed by atoms with E-state index in [9.17, 15) is 9.50 Å². The van der Waals surface area contributed by atoms with Crippen molar-refractivity contribution < 1.29 is 14.2 Å². The topological polar surface area (TPSA) is 54.4 Å². The van der Waals surface area contributed by atoms with Crippen LogP contribution in [0.2, 0.25) is 0 Å². The van der Waals surface area contributed by atoms with E-state index in [0.29, 0.717) is 13.2 Å². The molecule has 0 saturated heterocycles. The van der Waals surface area contributed by atoms with E-state index in [0.717, 1.165) is 17.5 Å². The molecular formula is C17H21FN2O2. The Morgan fingerprint density at radius 1 is 1.14 bits per heavy atom. The van der Waals surface area contributed by atoms with Gasteiger partial charge in [0, 0.05) is 38.7 Å². The zero-order valence-electron chi connectivity index (χ0n) is 12.6. The predicted octanol–water partition coefficient (Wildman–Crippen LogP) is 2.62. The fourth-order valence-electron chi connectivity index (χ4n) is 2.27. The largest absolute Gasteiger partial charge is 0.387 e. The molecule has 0 saturated carbocycles. The number of pyridine rings is 1. The number of rotatable bonds is 8. The normalized spacial score (nSPS) is 13.8. The molecule has 0 aliphatic rings. The minimum atomic E-state index is -0.617. The standard InChI is InChI=1S/C17H21FN2O2/c1-22-11-8-16(13-2-4-15(18)5-3-13)20-12-17(21)14-6-9-19-10-7-14/h2-7,9-10,16-17,20-21H,8,11-12H2,1H3. The lowest BCUT2D eigenvalue weighted by molar-refractivity contribution is 0.156. The van der Waals surface area contributed by atoms with E-state index in [-0.39, 0.29) is 11.9 Å². The number of halogens is 1. The number of methoxy groups -OCH3 is 1. The van der Waals surface area contributed by atoms with Gasteiger partial charge in [-0.05, 0) is 41.8 Å². The first-order valence-corrected chi connectivity index (χ1v) is 7.26. The molecule has 0 bridgehead atoms. The Hall–Kier alpha value is -1.82. The molecule has 1 aromatic heterocycles. The summed E-state index contributed by atoms with van der Waals surface area (Å²) in [6.07, 6.45) is 3.43. The van der Waals surface area contributed by atoms with Crippen LogP contribution in [0.5, 0.6) is 0 Å². The van der Waals surface area contributed by atoms with Gasteiger partial charge in [-0.15, -0.1) is 0 Å². The summed E-state index contributed by atoms with van der Waals surface area (Å²) >= 11 is 0. The smallest absolute Gasteiger partial charge is 0.123 e. The molecule has 0 spiro atoms. The van der Waals surface area contributed by atoms with E-state index < -0.39 is 6.10 Å². The summed E-state index contributed by atoms with van der Waals surface area (Å²) in [6.45, 7) is 0.982. The quantitative estimate of drug-likeness (QED) is 0.787. The molecule has 2 unspecified atom stereocenters. The molecule has 118 valence electrons. The molecule has 2 rings (SSSR count). The lowest BCUT2D eigenvalue weighted by Crippen LogP contribution is -2.27. The summed E-state index contributed by atoms with van der Waals surface area (Å²) in [5, 5.41) is 13.5. The molecule has 5 heteroatoms. The highest BCUT2D eigenvalue weighted by molar-refractivity contribution is 5.20. The minimum Gasteiger partial charge on any atom is -0.387 e. The first-order valence-electron chi connectivity index (χ1n) is 7.26. The van der Waals surface area contributed by atoms with E-state index in [4.69, 9.17) is 4.74 Å². The average molecular weight is 304 g/mol. The second-order valence-corrected chi connectivity index (χ2v) is 5.09. The predicted molar refractivity (Wildman–Crippen MR) is 82.8 cm³/mol. The number of nitrogens with one attached hydrogen (secondary N) is 1. The van der Waals surface area contributed by atoms with Crippen molar-refractivity contribution in [2.75, 3.05) is 20.3 Å². The van der Waals surface area contributed by atoms with Crippen LogP contribution in [0.3, 0.4) is 0 Å². The zero-order valence-corrected chi connectivity index (χ0v) is 12.6. The Kier molecular flexibility index (Phi) is 6.45. The lowest BCUT2D eigenvalue weighted by Gasteiger charge is -2.21. The maximum Gasteiger partial charge on any atom is 0.123 e. The zero-order chi connectivity index (χ0) is 15.8. The maximum atomic E-state index is 13.0. The summed E-state index contributed by atoms with van der Waals surface area (Å²) < 4.78 is 18.2. The van der Waals surface area contributed by atoms with Crippen molar-refractivity contribution in [1.29, 1.82) is 0 Å². The number of aliphatic hydroxyl groups is 1. The summed E-state index contributed by atoms with van der Waals surface area (Å²) in [7, 11) is 1.65. The van der Waals surface area contributed by atoms with Gasteiger partial charge in [0.25, 0.3) is 0 Å². The van der Waals surface area contributed by atoms with Crippen molar-refractivity contribution in [3.05, 3.63) is 65.7 Å². The third kappa shape index (κ3) is 4.87. The fraction of sp³-hybridized carbons (Fsp3) is 0.353. The van der Waals surface area contributed by atoms with Crippen LogP contribution in [-0.2, 0) is 4.74 Å². The molecule has 4 nitrogen and oxygen atoms in total. The molecule has 0 aliphatic carbocycles. The number of aromatic nitrogens is 1. The van der Waals surface area contributed by atoms with Crippen molar-refractivity contribution in [3.8, 4) is 0 Å². The summed E-state index contributed by atoms with van der Waals surface area (Å²) in [5.41, 5.74) is 1.78. The van der Waals surface area contributed by atoms with Gasteiger partial charge in [0.15, 0.2) is 0 Å². The van der Waals surface area contributed by atoms with Crippen LogP contribution < -0.4 is 5.32 Å². The van der Waals surface area contributed by atoms with E-state index in [1.807, 2.05) is 0 Å². The molecule has 0 fully saturated rings. The molecule has 0 aliphatic heterocycles. The van der Waals surface area contributed by atoms with Gasteiger partial charge in [-0.3, -0.25) is 4.98 Å². The number of benzene rings is 1. The highest BCUT2D eigenvalue weighted by Crippen LogP contribution is 2.19. The van der Waals surface area contributed by atoms with Gasteiger partial charge in [0.05, 0.1) is 6.10 Å². The van der Waals surface area contributed by atoms with Crippen molar-refractivity contribution >= 4 is 0 Å². The number of hydrogen-bond donors (Lipinski definition) is 2. The molecular weight excluding hydrogens is 283 g/mol. The van der Waals surface area contributed by atoms with Crippen molar-refractivity contribution in [3.63, 3.8) is 0 Å². The summed E-state index contributed by atoms with van der Waals surface area (Å²) in [5.74, 6) is -0.258. The molecule has 1 heterocycles. The van der Waals surface area contributed by atoms with Gasteiger partial charge >= 0.3 is 0 Å². The van der Waals surface area contributed by atoms with Crippen LogP contribution >= 0.6 is 0 Å². The van der Waals surface area contributed by atoms with Crippen LogP contribution in [0.1, 0.15) is 29.7 Å². The third-order valence-corrected chi connectivity index (χ3v) is 3.53. The fourth-order valence-corrected chi connectivity index (χ4v) is 2.27. The molecule has 22 heavy (non-hydrogen) atoms. The molecule has 2 aromatic rings. The third-order valence-electron chi connectivity index (χ3n) is 3.53. The Morgan fingerprint density at radius 3 is 2.45 bits per heavy atom. The molecule has 0 amide bonds. The second kappa shape index (κ2) is 8.58. The van der Waals surface area contributed by atoms with Crippen molar-refractivity contribution in [2.45, 2.75) is 18.6 Å². The van der Waals surface area contributed by atoms with Gasteiger partial charge < -0.3 is 15.2 Å². The van der Waals surface area contributed by atoms with E-state index in [2.05, 4.69) is 10.3 Å². The average Bonchev–Trinajstić information content (AvgIpc) is 2.56. The number of nitrogens with zero attached hydrogens (tertiary/aromatic N) is 1. The first kappa shape index (κ1) is 16.5. The molecule has 2 atom stereocenters. The first-order chi connectivity index (χ1) is 10.7. The highest BCUT2D eigenvalue weighted by Gasteiger charge is 2.14. The van der Waals surface area contributed by atoms with E-state index in [1.54, 1.807) is 43.8 Å². The lowest BCUT2D eigenvalue weighted by atomic mass is 10.0.